The number of hydrogen-bond donors (Lipinski definition) is 1. The first-order chi connectivity index (χ1) is 12.4. The highest BCUT2D eigenvalue weighted by molar-refractivity contribution is 5.86. The van der Waals surface area contributed by atoms with Crippen LogP contribution in [-0.4, -0.2) is 73.3 Å². The molecule has 1 aromatic carbocycles. The molecule has 3 aliphatic heterocycles. The van der Waals surface area contributed by atoms with Crippen molar-refractivity contribution in [3.8, 4) is 0 Å². The fraction of sp³-hybridized carbons (Fsp3) is 0.714. The molecule has 0 radical (unpaired) electrons. The SMILES string of the molecule is Cl.Cl.Cl.c1ccc(CC2CCN(N3CCN(C4CCNCC4)CC3)CC2)cc1. The maximum atomic E-state index is 3.49. The molecule has 3 saturated heterocycles. The summed E-state index contributed by atoms with van der Waals surface area (Å²) in [6.45, 7) is 9.90. The van der Waals surface area contributed by atoms with E-state index in [0.29, 0.717) is 0 Å². The Morgan fingerprint density at radius 3 is 1.89 bits per heavy atom. The third-order valence-corrected chi connectivity index (χ3v) is 6.47. The molecule has 0 amide bonds. The lowest BCUT2D eigenvalue weighted by atomic mass is 9.91. The first kappa shape index (κ1) is 26.0. The lowest BCUT2D eigenvalue weighted by Gasteiger charge is -2.46. The maximum absolute atomic E-state index is 3.49. The van der Waals surface area contributed by atoms with E-state index in [1.54, 1.807) is 0 Å². The second kappa shape index (κ2) is 13.3. The van der Waals surface area contributed by atoms with Crippen molar-refractivity contribution in [3.63, 3.8) is 0 Å². The molecular weight excluding hydrogens is 415 g/mol. The summed E-state index contributed by atoms with van der Waals surface area (Å²) in [6.07, 6.45) is 6.64. The van der Waals surface area contributed by atoms with Crippen LogP contribution in [0.15, 0.2) is 30.3 Å². The van der Waals surface area contributed by atoms with Gasteiger partial charge in [-0.3, -0.25) is 4.90 Å². The maximum Gasteiger partial charge on any atom is 0.0261 e. The molecule has 0 atom stereocenters. The number of hydrogen-bond acceptors (Lipinski definition) is 4. The van der Waals surface area contributed by atoms with Crippen LogP contribution in [-0.2, 0) is 6.42 Å². The van der Waals surface area contributed by atoms with E-state index in [4.69, 9.17) is 0 Å². The van der Waals surface area contributed by atoms with Gasteiger partial charge in [-0.15, -0.1) is 37.2 Å². The van der Waals surface area contributed by atoms with Gasteiger partial charge in [0, 0.05) is 45.3 Å². The molecule has 162 valence electrons. The van der Waals surface area contributed by atoms with Gasteiger partial charge < -0.3 is 5.32 Å². The molecule has 0 unspecified atom stereocenters. The van der Waals surface area contributed by atoms with Gasteiger partial charge >= 0.3 is 0 Å². The fourth-order valence-electron chi connectivity index (χ4n) is 4.88. The normalized spacial score (nSPS) is 23.3. The minimum atomic E-state index is 0. The summed E-state index contributed by atoms with van der Waals surface area (Å²) in [4.78, 5) is 2.75. The molecule has 4 rings (SSSR count). The number of piperazine rings is 1. The van der Waals surface area contributed by atoms with Gasteiger partial charge in [0.2, 0.25) is 0 Å². The Hall–Kier alpha value is -0.0700. The second-order valence-corrected chi connectivity index (χ2v) is 8.06. The Morgan fingerprint density at radius 1 is 0.714 bits per heavy atom. The molecule has 3 heterocycles. The minimum absolute atomic E-state index is 0. The lowest BCUT2D eigenvalue weighted by Crippen LogP contribution is -2.58. The van der Waals surface area contributed by atoms with E-state index in [2.05, 4.69) is 50.6 Å². The van der Waals surface area contributed by atoms with E-state index in [9.17, 15) is 0 Å². The highest BCUT2D eigenvalue weighted by Gasteiger charge is 2.29. The van der Waals surface area contributed by atoms with Crippen molar-refractivity contribution in [1.82, 2.24) is 20.2 Å². The first-order valence-electron chi connectivity index (χ1n) is 10.4. The number of piperidine rings is 2. The van der Waals surface area contributed by atoms with Gasteiger partial charge in [0.15, 0.2) is 0 Å². The van der Waals surface area contributed by atoms with E-state index in [1.165, 1.54) is 90.0 Å². The minimum Gasteiger partial charge on any atom is -0.317 e. The van der Waals surface area contributed by atoms with Crippen molar-refractivity contribution in [2.45, 2.75) is 38.1 Å². The van der Waals surface area contributed by atoms with Crippen LogP contribution in [0.2, 0.25) is 0 Å². The summed E-state index contributed by atoms with van der Waals surface area (Å²) in [5.74, 6) is 0.870. The molecule has 28 heavy (non-hydrogen) atoms. The number of nitrogens with zero attached hydrogens (tertiary/aromatic N) is 3. The smallest absolute Gasteiger partial charge is 0.0261 e. The van der Waals surface area contributed by atoms with Crippen LogP contribution >= 0.6 is 37.2 Å². The molecule has 3 aliphatic rings. The largest absolute Gasteiger partial charge is 0.317 e. The topological polar surface area (TPSA) is 21.8 Å². The molecule has 1 aromatic rings. The number of benzene rings is 1. The van der Waals surface area contributed by atoms with Crippen LogP contribution in [0.4, 0.5) is 0 Å². The van der Waals surface area contributed by atoms with Crippen molar-refractivity contribution < 1.29 is 0 Å². The summed E-state index contributed by atoms with van der Waals surface area (Å²) in [5, 5.41) is 8.79. The molecule has 4 nitrogen and oxygen atoms in total. The second-order valence-electron chi connectivity index (χ2n) is 8.06. The summed E-state index contributed by atoms with van der Waals surface area (Å²) >= 11 is 0. The molecular formula is C21H37Cl3N4. The first-order valence-corrected chi connectivity index (χ1v) is 10.4. The Morgan fingerprint density at radius 2 is 1.29 bits per heavy atom. The Bertz CT molecular complexity index is 512. The van der Waals surface area contributed by atoms with Gasteiger partial charge in [-0.2, -0.15) is 0 Å². The summed E-state index contributed by atoms with van der Waals surface area (Å²) < 4.78 is 0. The predicted molar refractivity (Wildman–Crippen MR) is 125 cm³/mol. The average molecular weight is 452 g/mol. The van der Waals surface area contributed by atoms with Crippen molar-refractivity contribution >= 4 is 37.2 Å². The zero-order valence-electron chi connectivity index (χ0n) is 16.8. The van der Waals surface area contributed by atoms with Crippen LogP contribution in [0.5, 0.6) is 0 Å². The van der Waals surface area contributed by atoms with E-state index in [0.717, 1.165) is 12.0 Å². The van der Waals surface area contributed by atoms with Crippen molar-refractivity contribution in [2.75, 3.05) is 52.4 Å². The molecule has 0 aliphatic carbocycles. The summed E-state index contributed by atoms with van der Waals surface area (Å²) in [6, 6.07) is 11.9. The Labute approximate surface area is 189 Å². The average Bonchev–Trinajstić information content (AvgIpc) is 2.70. The number of rotatable bonds is 4. The van der Waals surface area contributed by atoms with Crippen LogP contribution in [0.1, 0.15) is 31.2 Å². The standard InChI is InChI=1S/C21H34N4.3ClH/c1-2-4-19(5-3-1)18-20-8-12-24(13-9-20)25-16-14-23(15-17-25)21-6-10-22-11-7-21;;;/h1-5,20-22H,6-18H2;3*1H. The summed E-state index contributed by atoms with van der Waals surface area (Å²) in [7, 11) is 0. The lowest BCUT2D eigenvalue weighted by molar-refractivity contribution is -0.0826. The summed E-state index contributed by atoms with van der Waals surface area (Å²) in [5.41, 5.74) is 1.51. The van der Waals surface area contributed by atoms with E-state index in [-0.39, 0.29) is 37.2 Å². The molecule has 0 bridgehead atoms. The van der Waals surface area contributed by atoms with Crippen molar-refractivity contribution in [2.24, 2.45) is 5.92 Å². The van der Waals surface area contributed by atoms with Crippen LogP contribution in [0.3, 0.4) is 0 Å². The molecule has 0 spiro atoms. The zero-order valence-corrected chi connectivity index (χ0v) is 19.2. The Balaban J connectivity index is 0.00000131. The highest BCUT2D eigenvalue weighted by Crippen LogP contribution is 2.24. The number of hydrazine groups is 1. The fourth-order valence-corrected chi connectivity index (χ4v) is 4.88. The van der Waals surface area contributed by atoms with Gasteiger partial charge in [0.05, 0.1) is 0 Å². The monoisotopic (exact) mass is 450 g/mol. The van der Waals surface area contributed by atoms with Crippen LogP contribution < -0.4 is 5.32 Å². The Kier molecular flexibility index (Phi) is 12.3. The van der Waals surface area contributed by atoms with Gasteiger partial charge in [0.1, 0.15) is 0 Å². The van der Waals surface area contributed by atoms with E-state index in [1.807, 2.05) is 0 Å². The van der Waals surface area contributed by atoms with Crippen molar-refractivity contribution in [3.05, 3.63) is 35.9 Å². The predicted octanol–water partition coefficient (Wildman–Crippen LogP) is 3.49. The van der Waals surface area contributed by atoms with Gasteiger partial charge in [-0.1, -0.05) is 30.3 Å². The van der Waals surface area contributed by atoms with Gasteiger partial charge in [0.25, 0.3) is 0 Å². The van der Waals surface area contributed by atoms with Gasteiger partial charge in [-0.25, -0.2) is 10.0 Å². The number of nitrogens with one attached hydrogen (secondary N) is 1. The van der Waals surface area contributed by atoms with E-state index < -0.39 is 0 Å². The molecule has 0 aromatic heterocycles. The van der Waals surface area contributed by atoms with Crippen LogP contribution in [0, 0.1) is 5.92 Å². The molecule has 0 saturated carbocycles. The van der Waals surface area contributed by atoms with Crippen molar-refractivity contribution in [1.29, 1.82) is 0 Å². The third-order valence-electron chi connectivity index (χ3n) is 6.47. The zero-order chi connectivity index (χ0) is 16.9. The highest BCUT2D eigenvalue weighted by atomic mass is 35.5. The molecule has 1 N–H and O–H groups in total. The van der Waals surface area contributed by atoms with E-state index >= 15 is 0 Å². The van der Waals surface area contributed by atoms with Gasteiger partial charge in [-0.05, 0) is 56.7 Å². The molecule has 7 heteroatoms. The number of halogens is 3. The molecule has 3 fully saturated rings. The van der Waals surface area contributed by atoms with Crippen LogP contribution in [0.25, 0.3) is 0 Å². The quantitative estimate of drug-likeness (QED) is 0.756. The third kappa shape index (κ3) is 7.02.